The van der Waals surface area contributed by atoms with E-state index in [1.807, 2.05) is 26.8 Å². The van der Waals surface area contributed by atoms with E-state index in [-0.39, 0.29) is 11.6 Å². The van der Waals surface area contributed by atoms with Crippen LogP contribution in [-0.4, -0.2) is 28.8 Å². The molecule has 0 spiro atoms. The molecule has 0 saturated heterocycles. The summed E-state index contributed by atoms with van der Waals surface area (Å²) in [5.41, 5.74) is 0.835. The second-order valence-corrected chi connectivity index (χ2v) is 4.60. The van der Waals surface area contributed by atoms with Crippen LogP contribution < -0.4 is 4.74 Å². The van der Waals surface area contributed by atoms with Crippen molar-refractivity contribution in [2.24, 2.45) is 0 Å². The first-order chi connectivity index (χ1) is 7.90. The second-order valence-electron chi connectivity index (χ2n) is 4.60. The summed E-state index contributed by atoms with van der Waals surface area (Å²) in [6.45, 7) is 8.55. The van der Waals surface area contributed by atoms with E-state index >= 15 is 0 Å². The third-order valence-corrected chi connectivity index (χ3v) is 1.80. The largest absolute Gasteiger partial charge is 0.461 e. The number of hydrogen-bond donors (Lipinski definition) is 0. The number of aryl methyl sites for hydroxylation is 1. The highest BCUT2D eigenvalue weighted by atomic mass is 16.5. The average Bonchev–Trinajstić information content (AvgIpc) is 2.22. The quantitative estimate of drug-likeness (QED) is 0.745. The van der Waals surface area contributed by atoms with Crippen LogP contribution in [0.25, 0.3) is 0 Å². The molecule has 0 fully saturated rings. The van der Waals surface area contributed by atoms with Gasteiger partial charge in [-0.25, -0.2) is 4.98 Å². The molecule has 0 radical (unpaired) electrons. The van der Waals surface area contributed by atoms with Gasteiger partial charge in [0.1, 0.15) is 18.4 Å². The lowest BCUT2D eigenvalue weighted by Crippen LogP contribution is -2.22. The van der Waals surface area contributed by atoms with Crippen LogP contribution >= 0.6 is 0 Å². The zero-order valence-corrected chi connectivity index (χ0v) is 10.6. The molecule has 0 bridgehead atoms. The normalized spacial score (nSPS) is 11.0. The Morgan fingerprint density at radius 1 is 1.29 bits per heavy atom. The molecular weight excluding hydrogens is 218 g/mol. The molecule has 5 nitrogen and oxygen atoms in total. The summed E-state index contributed by atoms with van der Waals surface area (Å²) in [6.07, 6.45) is 0. The predicted molar refractivity (Wildman–Crippen MR) is 62.7 cm³/mol. The molecule has 92 valence electrons. The maximum Gasteiger partial charge on any atom is 0.317 e. The van der Waals surface area contributed by atoms with Crippen LogP contribution in [0.2, 0.25) is 0 Å². The Balaban J connectivity index is 2.47. The lowest BCUT2D eigenvalue weighted by Gasteiger charge is -2.19. The van der Waals surface area contributed by atoms with Gasteiger partial charge in [0.2, 0.25) is 0 Å². The Morgan fingerprint density at radius 3 is 2.59 bits per heavy atom. The summed E-state index contributed by atoms with van der Waals surface area (Å²) >= 11 is 0. The van der Waals surface area contributed by atoms with Crippen molar-refractivity contribution < 1.29 is 9.47 Å². The number of ether oxygens (including phenoxy) is 2. The van der Waals surface area contributed by atoms with Gasteiger partial charge < -0.3 is 9.47 Å². The number of nitrogens with zero attached hydrogens (tertiary/aromatic N) is 3. The summed E-state index contributed by atoms with van der Waals surface area (Å²) < 4.78 is 10.8. The van der Waals surface area contributed by atoms with Crippen molar-refractivity contribution in [2.45, 2.75) is 33.3 Å². The Hall–Kier alpha value is -1.67. The molecule has 17 heavy (non-hydrogen) atoms. The fraction of sp³-hybridized carbons (Fsp3) is 0.583. The number of nitriles is 1. The maximum absolute atomic E-state index is 8.74. The molecule has 0 aliphatic rings. The van der Waals surface area contributed by atoms with Gasteiger partial charge in [0.15, 0.2) is 0 Å². The molecule has 0 atom stereocenters. The van der Waals surface area contributed by atoms with E-state index in [9.17, 15) is 0 Å². The minimum atomic E-state index is -0.186. The Morgan fingerprint density at radius 2 is 2.00 bits per heavy atom. The van der Waals surface area contributed by atoms with Crippen molar-refractivity contribution in [3.63, 3.8) is 0 Å². The Kier molecular flexibility index (Phi) is 4.41. The van der Waals surface area contributed by atoms with E-state index < -0.39 is 0 Å². The summed E-state index contributed by atoms with van der Waals surface area (Å²) in [5, 5.41) is 8.74. The monoisotopic (exact) mass is 235 g/mol. The first-order valence-corrected chi connectivity index (χ1v) is 5.43. The van der Waals surface area contributed by atoms with Gasteiger partial charge in [-0.1, -0.05) is 0 Å². The lowest BCUT2D eigenvalue weighted by molar-refractivity contribution is -0.0174. The molecule has 1 aromatic heterocycles. The van der Waals surface area contributed by atoms with Crippen LogP contribution in [0.1, 0.15) is 32.2 Å². The topological polar surface area (TPSA) is 68.0 Å². The van der Waals surface area contributed by atoms with Crippen LogP contribution in [0.5, 0.6) is 6.01 Å². The zero-order valence-electron chi connectivity index (χ0n) is 10.6. The molecule has 1 rings (SSSR count). The standard InChI is InChI=1S/C12H17N3O2/c1-9-7-10(8-13)15-11(14-9)16-5-6-17-12(2,3)4/h7H,5-6H2,1-4H3. The second kappa shape index (κ2) is 5.60. The minimum absolute atomic E-state index is 0.186. The van der Waals surface area contributed by atoms with Crippen LogP contribution in [0, 0.1) is 18.3 Å². The SMILES string of the molecule is Cc1cc(C#N)nc(OCCOC(C)(C)C)n1. The predicted octanol–water partition coefficient (Wildman–Crippen LogP) is 1.85. The third kappa shape index (κ3) is 5.27. The Labute approximate surface area is 101 Å². The smallest absolute Gasteiger partial charge is 0.317 e. The average molecular weight is 235 g/mol. The highest BCUT2D eigenvalue weighted by molar-refractivity contribution is 5.23. The molecule has 0 aromatic carbocycles. The van der Waals surface area contributed by atoms with E-state index in [1.54, 1.807) is 13.0 Å². The molecule has 0 unspecified atom stereocenters. The van der Waals surface area contributed by atoms with Crippen molar-refractivity contribution >= 4 is 0 Å². The van der Waals surface area contributed by atoms with Crippen LogP contribution in [0.15, 0.2) is 6.07 Å². The van der Waals surface area contributed by atoms with Gasteiger partial charge in [0.25, 0.3) is 0 Å². The van der Waals surface area contributed by atoms with Crippen molar-refractivity contribution in [1.29, 1.82) is 5.26 Å². The van der Waals surface area contributed by atoms with E-state index in [1.165, 1.54) is 0 Å². The lowest BCUT2D eigenvalue weighted by atomic mass is 10.2. The molecule has 0 amide bonds. The van der Waals surface area contributed by atoms with Crippen LogP contribution in [0.4, 0.5) is 0 Å². The van der Waals surface area contributed by atoms with Crippen molar-refractivity contribution in [3.05, 3.63) is 17.5 Å². The maximum atomic E-state index is 8.74. The van der Waals surface area contributed by atoms with Gasteiger partial charge in [-0.15, -0.1) is 0 Å². The molecular formula is C12H17N3O2. The molecule has 0 N–H and O–H groups in total. The molecule has 0 saturated carbocycles. The first-order valence-electron chi connectivity index (χ1n) is 5.43. The van der Waals surface area contributed by atoms with Crippen LogP contribution in [-0.2, 0) is 4.74 Å². The summed E-state index contributed by atoms with van der Waals surface area (Å²) in [7, 11) is 0. The van der Waals surface area contributed by atoms with Gasteiger partial charge in [-0.2, -0.15) is 10.2 Å². The summed E-state index contributed by atoms with van der Waals surface area (Å²) in [5.74, 6) is 0. The van der Waals surface area contributed by atoms with E-state index in [0.717, 1.165) is 0 Å². The molecule has 0 aliphatic heterocycles. The number of rotatable bonds is 4. The van der Waals surface area contributed by atoms with Crippen molar-refractivity contribution in [2.75, 3.05) is 13.2 Å². The van der Waals surface area contributed by atoms with Gasteiger partial charge in [-0.05, 0) is 33.8 Å². The molecule has 1 aromatic rings. The van der Waals surface area contributed by atoms with E-state index in [2.05, 4.69) is 9.97 Å². The minimum Gasteiger partial charge on any atom is -0.461 e. The zero-order chi connectivity index (χ0) is 12.9. The van der Waals surface area contributed by atoms with Crippen LogP contribution in [0.3, 0.4) is 0 Å². The number of hydrogen-bond acceptors (Lipinski definition) is 5. The fourth-order valence-corrected chi connectivity index (χ4v) is 1.14. The van der Waals surface area contributed by atoms with Gasteiger partial charge >= 0.3 is 6.01 Å². The van der Waals surface area contributed by atoms with Crippen molar-refractivity contribution in [1.82, 2.24) is 9.97 Å². The Bertz CT molecular complexity index is 419. The molecule has 0 aliphatic carbocycles. The van der Waals surface area contributed by atoms with E-state index in [0.29, 0.717) is 24.6 Å². The van der Waals surface area contributed by atoms with Crippen molar-refractivity contribution in [3.8, 4) is 12.1 Å². The van der Waals surface area contributed by atoms with Gasteiger partial charge in [0.05, 0.1) is 12.2 Å². The van der Waals surface area contributed by atoms with E-state index in [4.69, 9.17) is 14.7 Å². The first kappa shape index (κ1) is 13.4. The molecule has 5 heteroatoms. The fourth-order valence-electron chi connectivity index (χ4n) is 1.14. The highest BCUT2D eigenvalue weighted by Gasteiger charge is 2.09. The molecule has 1 heterocycles. The highest BCUT2D eigenvalue weighted by Crippen LogP contribution is 2.08. The van der Waals surface area contributed by atoms with Gasteiger partial charge in [0, 0.05) is 5.69 Å². The number of aromatic nitrogens is 2. The van der Waals surface area contributed by atoms with Gasteiger partial charge in [-0.3, -0.25) is 0 Å². The summed E-state index contributed by atoms with van der Waals surface area (Å²) in [4.78, 5) is 8.01. The summed E-state index contributed by atoms with van der Waals surface area (Å²) in [6, 6.07) is 3.79. The third-order valence-electron chi connectivity index (χ3n) is 1.80.